The molecule has 6 nitrogen and oxygen atoms in total. The minimum atomic E-state index is -3.34. The molecule has 2 saturated heterocycles. The highest BCUT2D eigenvalue weighted by Crippen LogP contribution is 2.30. The Balaban J connectivity index is 1.58. The minimum absolute atomic E-state index is 0.135. The lowest BCUT2D eigenvalue weighted by atomic mass is 10.1. The van der Waals surface area contributed by atoms with Gasteiger partial charge in [-0.2, -0.15) is 17.0 Å². The van der Waals surface area contributed by atoms with E-state index < -0.39 is 10.2 Å². The van der Waals surface area contributed by atoms with Gasteiger partial charge in [0.05, 0.1) is 0 Å². The summed E-state index contributed by atoms with van der Waals surface area (Å²) in [4.78, 5) is 14.2. The van der Waals surface area contributed by atoms with Gasteiger partial charge in [0.1, 0.15) is 0 Å². The van der Waals surface area contributed by atoms with Crippen molar-refractivity contribution in [2.24, 2.45) is 5.92 Å². The van der Waals surface area contributed by atoms with Crippen molar-refractivity contribution < 1.29 is 13.2 Å². The molecule has 0 bridgehead atoms. The summed E-state index contributed by atoms with van der Waals surface area (Å²) in [5.41, 5.74) is 0. The maximum atomic E-state index is 12.5. The van der Waals surface area contributed by atoms with E-state index in [1.54, 1.807) is 11.4 Å². The van der Waals surface area contributed by atoms with Crippen LogP contribution >= 0.6 is 0 Å². The summed E-state index contributed by atoms with van der Waals surface area (Å²) in [5, 5.41) is 0. The van der Waals surface area contributed by atoms with E-state index in [4.69, 9.17) is 0 Å². The fourth-order valence-corrected chi connectivity index (χ4v) is 5.59. The molecule has 0 aromatic heterocycles. The molecule has 0 aromatic rings. The number of rotatable bonds is 5. The van der Waals surface area contributed by atoms with E-state index in [0.29, 0.717) is 32.1 Å². The van der Waals surface area contributed by atoms with Crippen LogP contribution in [0.1, 0.15) is 44.9 Å². The van der Waals surface area contributed by atoms with Gasteiger partial charge >= 0.3 is 0 Å². The zero-order valence-corrected chi connectivity index (χ0v) is 14.2. The quantitative estimate of drug-likeness (QED) is 0.757. The zero-order chi connectivity index (χ0) is 15.7. The standard InChI is InChI=1S/C15H27N3O3S/c1-16(22(20,21)17-8-4-5-9-17)11-13-10-15(19)18(12-13)14-6-2-3-7-14/h13-14H,2-12H2,1H3/t13-/m0/s1. The molecule has 1 aliphatic carbocycles. The van der Waals surface area contributed by atoms with E-state index in [9.17, 15) is 13.2 Å². The molecule has 3 fully saturated rings. The summed E-state index contributed by atoms with van der Waals surface area (Å²) in [6.45, 7) is 2.44. The molecule has 0 unspecified atom stereocenters. The topological polar surface area (TPSA) is 60.9 Å². The third-order valence-corrected chi connectivity index (χ3v) is 7.26. The second-order valence-electron chi connectivity index (χ2n) is 6.95. The molecule has 3 aliphatic rings. The molecule has 2 aliphatic heterocycles. The predicted octanol–water partition coefficient (Wildman–Crippen LogP) is 1.05. The number of hydrogen-bond acceptors (Lipinski definition) is 3. The van der Waals surface area contributed by atoms with Crippen LogP contribution in [-0.4, -0.2) is 67.1 Å². The Morgan fingerprint density at radius 2 is 1.77 bits per heavy atom. The first-order valence-electron chi connectivity index (χ1n) is 8.49. The van der Waals surface area contributed by atoms with Crippen LogP contribution in [0.5, 0.6) is 0 Å². The third kappa shape index (κ3) is 3.16. The van der Waals surface area contributed by atoms with Gasteiger partial charge in [-0.05, 0) is 31.6 Å². The molecular formula is C15H27N3O3S. The summed E-state index contributed by atoms with van der Waals surface area (Å²) >= 11 is 0. The predicted molar refractivity (Wildman–Crippen MR) is 84.4 cm³/mol. The molecule has 0 aromatic carbocycles. The Hall–Kier alpha value is -0.660. The van der Waals surface area contributed by atoms with Gasteiger partial charge in [0.2, 0.25) is 5.91 Å². The van der Waals surface area contributed by atoms with Gasteiger partial charge in [-0.25, -0.2) is 0 Å². The van der Waals surface area contributed by atoms with Crippen LogP contribution in [0.2, 0.25) is 0 Å². The van der Waals surface area contributed by atoms with Crippen molar-refractivity contribution in [1.82, 2.24) is 13.5 Å². The van der Waals surface area contributed by atoms with Gasteiger partial charge < -0.3 is 4.90 Å². The average Bonchev–Trinajstić information content (AvgIpc) is 3.19. The normalized spacial score (nSPS) is 28.4. The zero-order valence-electron chi connectivity index (χ0n) is 13.4. The first kappa shape index (κ1) is 16.2. The Morgan fingerprint density at radius 3 is 2.41 bits per heavy atom. The summed E-state index contributed by atoms with van der Waals surface area (Å²) in [5.74, 6) is 0.347. The van der Waals surface area contributed by atoms with Crippen LogP contribution < -0.4 is 0 Å². The van der Waals surface area contributed by atoms with Crippen LogP contribution in [0.15, 0.2) is 0 Å². The number of nitrogens with zero attached hydrogens (tertiary/aromatic N) is 3. The molecule has 0 N–H and O–H groups in total. The van der Waals surface area contributed by atoms with Crippen LogP contribution in [0.25, 0.3) is 0 Å². The van der Waals surface area contributed by atoms with Crippen LogP contribution in [0.4, 0.5) is 0 Å². The van der Waals surface area contributed by atoms with Crippen molar-refractivity contribution in [3.8, 4) is 0 Å². The van der Waals surface area contributed by atoms with Crippen molar-refractivity contribution >= 4 is 16.1 Å². The molecular weight excluding hydrogens is 302 g/mol. The molecule has 22 heavy (non-hydrogen) atoms. The Labute approximate surface area is 133 Å². The molecule has 0 radical (unpaired) electrons. The number of hydrogen-bond donors (Lipinski definition) is 0. The van der Waals surface area contributed by atoms with Gasteiger partial charge in [0.25, 0.3) is 10.2 Å². The lowest BCUT2D eigenvalue weighted by Gasteiger charge is -2.27. The number of likely N-dealkylation sites (tertiary alicyclic amines) is 1. The number of amides is 1. The van der Waals surface area contributed by atoms with Crippen molar-refractivity contribution in [3.63, 3.8) is 0 Å². The molecule has 1 amide bonds. The molecule has 3 rings (SSSR count). The lowest BCUT2D eigenvalue weighted by Crippen LogP contribution is -2.43. The van der Waals surface area contributed by atoms with Crippen LogP contribution in [0, 0.1) is 5.92 Å². The first-order chi connectivity index (χ1) is 10.5. The highest BCUT2D eigenvalue weighted by atomic mass is 32.2. The number of carbonyl (C=O) groups is 1. The van der Waals surface area contributed by atoms with Gasteiger partial charge in [0, 0.05) is 45.7 Å². The summed E-state index contributed by atoms with van der Waals surface area (Å²) < 4.78 is 28.0. The van der Waals surface area contributed by atoms with Gasteiger partial charge in [-0.15, -0.1) is 0 Å². The molecule has 0 spiro atoms. The fourth-order valence-electron chi connectivity index (χ4n) is 4.07. The summed E-state index contributed by atoms with van der Waals surface area (Å²) in [7, 11) is -1.69. The van der Waals surface area contributed by atoms with E-state index in [1.165, 1.54) is 17.1 Å². The Morgan fingerprint density at radius 1 is 1.14 bits per heavy atom. The molecule has 126 valence electrons. The second-order valence-corrected chi connectivity index (χ2v) is 8.98. The average molecular weight is 329 g/mol. The first-order valence-corrected chi connectivity index (χ1v) is 9.89. The van der Waals surface area contributed by atoms with Crippen LogP contribution in [-0.2, 0) is 15.0 Å². The molecule has 1 atom stereocenters. The van der Waals surface area contributed by atoms with Crippen molar-refractivity contribution in [2.45, 2.75) is 51.0 Å². The van der Waals surface area contributed by atoms with E-state index in [1.807, 2.05) is 4.90 Å². The van der Waals surface area contributed by atoms with Gasteiger partial charge in [-0.3, -0.25) is 4.79 Å². The Kier molecular flexibility index (Phi) is 4.75. The highest BCUT2D eigenvalue weighted by Gasteiger charge is 2.38. The third-order valence-electron chi connectivity index (χ3n) is 5.30. The van der Waals surface area contributed by atoms with Crippen LogP contribution in [0.3, 0.4) is 0 Å². The van der Waals surface area contributed by atoms with Gasteiger partial charge in [0.15, 0.2) is 0 Å². The molecule has 7 heteroatoms. The van der Waals surface area contributed by atoms with Crippen molar-refractivity contribution in [1.29, 1.82) is 0 Å². The maximum absolute atomic E-state index is 12.5. The smallest absolute Gasteiger partial charge is 0.281 e. The number of carbonyl (C=O) groups excluding carboxylic acids is 1. The Bertz CT molecular complexity index is 510. The molecule has 1 saturated carbocycles. The maximum Gasteiger partial charge on any atom is 0.281 e. The SMILES string of the molecule is CN(C[C@@H]1CC(=O)N(C2CCCC2)C1)S(=O)(=O)N1CCCC1. The van der Waals surface area contributed by atoms with E-state index >= 15 is 0 Å². The van der Waals surface area contributed by atoms with E-state index in [-0.39, 0.29) is 11.8 Å². The largest absolute Gasteiger partial charge is 0.339 e. The second kappa shape index (κ2) is 6.45. The molecule has 2 heterocycles. The van der Waals surface area contributed by atoms with E-state index in [2.05, 4.69) is 0 Å². The van der Waals surface area contributed by atoms with Crippen molar-refractivity contribution in [3.05, 3.63) is 0 Å². The fraction of sp³-hybridized carbons (Fsp3) is 0.933. The summed E-state index contributed by atoms with van der Waals surface area (Å²) in [6.07, 6.45) is 7.04. The van der Waals surface area contributed by atoms with Gasteiger partial charge in [-0.1, -0.05) is 12.8 Å². The van der Waals surface area contributed by atoms with Crippen molar-refractivity contribution in [2.75, 3.05) is 33.2 Å². The minimum Gasteiger partial charge on any atom is -0.339 e. The van der Waals surface area contributed by atoms with E-state index in [0.717, 1.165) is 32.2 Å². The summed E-state index contributed by atoms with van der Waals surface area (Å²) in [6, 6.07) is 0.401. The monoisotopic (exact) mass is 329 g/mol. The highest BCUT2D eigenvalue weighted by molar-refractivity contribution is 7.86. The lowest BCUT2D eigenvalue weighted by molar-refractivity contribution is -0.129.